The monoisotopic (exact) mass is 361 g/mol. The van der Waals surface area contributed by atoms with Gasteiger partial charge in [-0.15, -0.1) is 0 Å². The quantitative estimate of drug-likeness (QED) is 0.491. The predicted octanol–water partition coefficient (Wildman–Crippen LogP) is 5.91. The van der Waals surface area contributed by atoms with E-state index >= 15 is 0 Å². The van der Waals surface area contributed by atoms with Crippen LogP contribution in [-0.2, 0) is 6.42 Å². The standard InChI is InChI=1S/C22H19NO2S/c1-3-14-11-18(20(24)12-21(14)25-2)22-19(13-26-23-22)17-9-8-15-6-4-5-7-16(15)10-17/h4-13,24H,3H2,1-2H3. The van der Waals surface area contributed by atoms with Crippen LogP contribution in [0.5, 0.6) is 11.5 Å². The zero-order valence-electron chi connectivity index (χ0n) is 14.7. The molecule has 0 atom stereocenters. The molecule has 0 fully saturated rings. The Labute approximate surface area is 156 Å². The van der Waals surface area contributed by atoms with E-state index in [2.05, 4.69) is 41.6 Å². The van der Waals surface area contributed by atoms with E-state index in [9.17, 15) is 5.11 Å². The highest BCUT2D eigenvalue weighted by atomic mass is 32.1. The molecule has 3 aromatic carbocycles. The molecule has 4 aromatic rings. The second kappa shape index (κ2) is 6.81. The van der Waals surface area contributed by atoms with Crippen molar-refractivity contribution in [2.24, 2.45) is 0 Å². The molecule has 1 heterocycles. The number of hydrogen-bond acceptors (Lipinski definition) is 4. The molecule has 1 aromatic heterocycles. The molecule has 0 aliphatic heterocycles. The van der Waals surface area contributed by atoms with Crippen LogP contribution in [0.15, 0.2) is 60.0 Å². The zero-order valence-corrected chi connectivity index (χ0v) is 15.5. The van der Waals surface area contributed by atoms with Crippen LogP contribution in [0.1, 0.15) is 12.5 Å². The van der Waals surface area contributed by atoms with E-state index in [1.807, 2.05) is 23.6 Å². The molecule has 4 heteroatoms. The first-order valence-corrected chi connectivity index (χ1v) is 9.38. The fourth-order valence-electron chi connectivity index (χ4n) is 3.26. The summed E-state index contributed by atoms with van der Waals surface area (Å²) in [5.74, 6) is 0.892. The van der Waals surface area contributed by atoms with Crippen LogP contribution in [0, 0.1) is 0 Å². The second-order valence-electron chi connectivity index (χ2n) is 6.17. The van der Waals surface area contributed by atoms with Crippen molar-refractivity contribution in [3.8, 4) is 33.9 Å². The first-order valence-electron chi connectivity index (χ1n) is 8.55. The lowest BCUT2D eigenvalue weighted by molar-refractivity contribution is 0.403. The third-order valence-corrected chi connectivity index (χ3v) is 5.29. The Bertz CT molecular complexity index is 1080. The van der Waals surface area contributed by atoms with Crippen molar-refractivity contribution in [1.29, 1.82) is 0 Å². The number of rotatable bonds is 4. The molecule has 0 amide bonds. The Kier molecular flexibility index (Phi) is 4.35. The van der Waals surface area contributed by atoms with E-state index in [1.54, 1.807) is 13.2 Å². The Morgan fingerprint density at radius 3 is 2.58 bits per heavy atom. The van der Waals surface area contributed by atoms with Gasteiger partial charge in [0.2, 0.25) is 0 Å². The van der Waals surface area contributed by atoms with Gasteiger partial charge in [0.05, 0.1) is 12.8 Å². The highest BCUT2D eigenvalue weighted by Gasteiger charge is 2.17. The molecule has 0 unspecified atom stereocenters. The molecule has 0 bridgehead atoms. The topological polar surface area (TPSA) is 42.4 Å². The lowest BCUT2D eigenvalue weighted by Gasteiger charge is -2.12. The van der Waals surface area contributed by atoms with Crippen LogP contribution in [0.4, 0.5) is 0 Å². The maximum atomic E-state index is 10.5. The summed E-state index contributed by atoms with van der Waals surface area (Å²) in [6.07, 6.45) is 0.825. The fourth-order valence-corrected chi connectivity index (χ4v) is 3.97. The summed E-state index contributed by atoms with van der Waals surface area (Å²) in [5, 5.41) is 15.0. The fraction of sp³-hybridized carbons (Fsp3) is 0.136. The van der Waals surface area contributed by atoms with Crippen LogP contribution in [-0.4, -0.2) is 16.6 Å². The first kappa shape index (κ1) is 16.6. The molecule has 0 radical (unpaired) electrons. The van der Waals surface area contributed by atoms with Gasteiger partial charge in [-0.3, -0.25) is 0 Å². The lowest BCUT2D eigenvalue weighted by atomic mass is 9.97. The van der Waals surface area contributed by atoms with Crippen LogP contribution >= 0.6 is 11.5 Å². The minimum Gasteiger partial charge on any atom is -0.507 e. The van der Waals surface area contributed by atoms with Gasteiger partial charge in [0.1, 0.15) is 11.5 Å². The number of fused-ring (bicyclic) bond motifs is 1. The molecular formula is C22H19NO2S. The van der Waals surface area contributed by atoms with E-state index in [-0.39, 0.29) is 5.75 Å². The van der Waals surface area contributed by atoms with Gasteiger partial charge in [-0.1, -0.05) is 43.3 Å². The van der Waals surface area contributed by atoms with Crippen molar-refractivity contribution in [1.82, 2.24) is 4.37 Å². The lowest BCUT2D eigenvalue weighted by Crippen LogP contribution is -1.93. The zero-order chi connectivity index (χ0) is 18.1. The van der Waals surface area contributed by atoms with Gasteiger partial charge in [-0.25, -0.2) is 0 Å². The van der Waals surface area contributed by atoms with Gasteiger partial charge in [0.25, 0.3) is 0 Å². The van der Waals surface area contributed by atoms with Crippen molar-refractivity contribution >= 4 is 22.3 Å². The van der Waals surface area contributed by atoms with E-state index in [1.165, 1.54) is 22.3 Å². The Morgan fingerprint density at radius 2 is 1.81 bits per heavy atom. The molecule has 0 aliphatic rings. The van der Waals surface area contributed by atoms with Crippen molar-refractivity contribution in [2.45, 2.75) is 13.3 Å². The van der Waals surface area contributed by atoms with Gasteiger partial charge in [-0.2, -0.15) is 4.37 Å². The normalized spacial score (nSPS) is 11.0. The van der Waals surface area contributed by atoms with Crippen LogP contribution < -0.4 is 4.74 Å². The summed E-state index contributed by atoms with van der Waals surface area (Å²) in [4.78, 5) is 0. The minimum absolute atomic E-state index is 0.187. The van der Waals surface area contributed by atoms with Gasteiger partial charge in [-0.05, 0) is 52.0 Å². The van der Waals surface area contributed by atoms with E-state index < -0.39 is 0 Å². The number of phenols is 1. The first-order chi connectivity index (χ1) is 12.7. The molecule has 3 nitrogen and oxygen atoms in total. The summed E-state index contributed by atoms with van der Waals surface area (Å²) in [7, 11) is 1.62. The predicted molar refractivity (Wildman–Crippen MR) is 108 cm³/mol. The van der Waals surface area contributed by atoms with Crippen LogP contribution in [0.3, 0.4) is 0 Å². The van der Waals surface area contributed by atoms with Crippen LogP contribution in [0.2, 0.25) is 0 Å². The molecule has 26 heavy (non-hydrogen) atoms. The van der Waals surface area contributed by atoms with Crippen molar-refractivity contribution < 1.29 is 9.84 Å². The van der Waals surface area contributed by atoms with Crippen molar-refractivity contribution in [3.63, 3.8) is 0 Å². The summed E-state index contributed by atoms with van der Waals surface area (Å²) in [6, 6.07) is 18.4. The van der Waals surface area contributed by atoms with E-state index in [0.29, 0.717) is 5.75 Å². The number of aromatic hydroxyl groups is 1. The summed E-state index contributed by atoms with van der Waals surface area (Å²) in [6.45, 7) is 2.07. The van der Waals surface area contributed by atoms with Crippen molar-refractivity contribution in [2.75, 3.05) is 7.11 Å². The molecule has 1 N–H and O–H groups in total. The van der Waals surface area contributed by atoms with Crippen LogP contribution in [0.25, 0.3) is 33.2 Å². The number of aromatic nitrogens is 1. The Morgan fingerprint density at radius 1 is 1.00 bits per heavy atom. The highest BCUT2D eigenvalue weighted by Crippen LogP contribution is 2.40. The number of hydrogen-bond donors (Lipinski definition) is 1. The largest absolute Gasteiger partial charge is 0.507 e. The maximum absolute atomic E-state index is 10.5. The molecule has 0 saturated carbocycles. The number of phenolic OH excluding ortho intramolecular Hbond substituents is 1. The average molecular weight is 361 g/mol. The number of nitrogens with zero attached hydrogens (tertiary/aromatic N) is 1. The maximum Gasteiger partial charge on any atom is 0.128 e. The molecule has 0 saturated heterocycles. The van der Waals surface area contributed by atoms with E-state index in [0.717, 1.165) is 34.4 Å². The Hall–Kier alpha value is -2.85. The Balaban J connectivity index is 1.87. The molecule has 4 rings (SSSR count). The van der Waals surface area contributed by atoms with Gasteiger partial charge >= 0.3 is 0 Å². The molecule has 0 spiro atoms. The molecular weight excluding hydrogens is 342 g/mol. The number of benzene rings is 3. The summed E-state index contributed by atoms with van der Waals surface area (Å²) < 4.78 is 9.95. The minimum atomic E-state index is 0.187. The van der Waals surface area contributed by atoms with Gasteiger partial charge in [0, 0.05) is 22.6 Å². The number of ether oxygens (including phenoxy) is 1. The summed E-state index contributed by atoms with van der Waals surface area (Å²) in [5.41, 5.74) is 4.73. The summed E-state index contributed by atoms with van der Waals surface area (Å²) >= 11 is 1.40. The molecule has 0 aliphatic carbocycles. The third-order valence-electron chi connectivity index (χ3n) is 4.66. The average Bonchev–Trinajstić information content (AvgIpc) is 3.16. The van der Waals surface area contributed by atoms with Gasteiger partial charge < -0.3 is 9.84 Å². The van der Waals surface area contributed by atoms with E-state index in [4.69, 9.17) is 4.74 Å². The highest BCUT2D eigenvalue weighted by molar-refractivity contribution is 7.04. The molecule has 130 valence electrons. The van der Waals surface area contributed by atoms with Crippen molar-refractivity contribution in [3.05, 3.63) is 65.5 Å². The smallest absolute Gasteiger partial charge is 0.128 e. The second-order valence-corrected chi connectivity index (χ2v) is 6.80. The SMILES string of the molecule is CCc1cc(-c2nscc2-c2ccc3ccccc3c2)c(O)cc1OC. The number of methoxy groups -OCH3 is 1. The van der Waals surface area contributed by atoms with Gasteiger partial charge in [0.15, 0.2) is 0 Å². The number of aryl methyl sites for hydroxylation is 1. The third kappa shape index (κ3) is 2.82.